The molecular weight excluding hydrogens is 188 g/mol. The molecule has 0 fully saturated rings. The van der Waals surface area contributed by atoms with Gasteiger partial charge in [0.1, 0.15) is 0 Å². The van der Waals surface area contributed by atoms with E-state index >= 15 is 0 Å². The standard InChI is InChI=1S/C11H24N2Si/c1-6-8-12-14(13-9-7-2)10-11(3,4)5/h6-7,12-14H,1-2,8-10H2,3-5H3. The van der Waals surface area contributed by atoms with E-state index in [1.54, 1.807) is 0 Å². The van der Waals surface area contributed by atoms with E-state index in [-0.39, 0.29) is 0 Å². The van der Waals surface area contributed by atoms with Crippen LogP contribution >= 0.6 is 0 Å². The van der Waals surface area contributed by atoms with Crippen molar-refractivity contribution in [3.63, 3.8) is 0 Å². The van der Waals surface area contributed by atoms with Gasteiger partial charge < -0.3 is 9.96 Å². The molecule has 0 saturated heterocycles. The summed E-state index contributed by atoms with van der Waals surface area (Å²) >= 11 is 0. The summed E-state index contributed by atoms with van der Waals surface area (Å²) in [5, 5.41) is 0. The Bertz CT molecular complexity index is 161. The van der Waals surface area contributed by atoms with Crippen molar-refractivity contribution in [2.45, 2.75) is 26.8 Å². The average molecular weight is 212 g/mol. The summed E-state index contributed by atoms with van der Waals surface area (Å²) < 4.78 is 0. The molecular formula is C11H24N2Si. The molecule has 0 radical (unpaired) electrons. The van der Waals surface area contributed by atoms with Gasteiger partial charge in [0.25, 0.3) is 0 Å². The highest BCUT2D eigenvalue weighted by Crippen LogP contribution is 2.19. The summed E-state index contributed by atoms with van der Waals surface area (Å²) in [6, 6.07) is 1.23. The third-order valence-corrected chi connectivity index (χ3v) is 4.92. The van der Waals surface area contributed by atoms with Crippen molar-refractivity contribution < 1.29 is 0 Å². The van der Waals surface area contributed by atoms with E-state index in [1.165, 1.54) is 6.04 Å². The van der Waals surface area contributed by atoms with Crippen LogP contribution in [0, 0.1) is 5.41 Å². The lowest BCUT2D eigenvalue weighted by atomic mass is 10.0. The predicted molar refractivity (Wildman–Crippen MR) is 67.8 cm³/mol. The van der Waals surface area contributed by atoms with Crippen molar-refractivity contribution in [1.82, 2.24) is 9.96 Å². The number of hydrogen-bond donors (Lipinski definition) is 2. The molecule has 14 heavy (non-hydrogen) atoms. The van der Waals surface area contributed by atoms with E-state index in [2.05, 4.69) is 43.9 Å². The van der Waals surface area contributed by atoms with Crippen molar-refractivity contribution in [2.24, 2.45) is 5.41 Å². The molecule has 0 amide bonds. The first kappa shape index (κ1) is 13.6. The molecule has 0 aliphatic carbocycles. The molecule has 0 aromatic rings. The molecule has 2 nitrogen and oxygen atoms in total. The molecule has 0 aliphatic rings. The maximum absolute atomic E-state index is 3.72. The van der Waals surface area contributed by atoms with Crippen molar-refractivity contribution in [1.29, 1.82) is 0 Å². The highest BCUT2D eigenvalue weighted by molar-refractivity contribution is 6.53. The van der Waals surface area contributed by atoms with Crippen LogP contribution in [-0.4, -0.2) is 22.2 Å². The third-order valence-electron chi connectivity index (χ3n) is 1.83. The van der Waals surface area contributed by atoms with Gasteiger partial charge in [-0.2, -0.15) is 0 Å². The number of nitrogens with one attached hydrogen (secondary N) is 2. The Morgan fingerprint density at radius 3 is 1.79 bits per heavy atom. The van der Waals surface area contributed by atoms with E-state index in [0.29, 0.717) is 5.41 Å². The molecule has 0 aliphatic heterocycles. The smallest absolute Gasteiger partial charge is 0.185 e. The van der Waals surface area contributed by atoms with E-state index < -0.39 is 9.12 Å². The molecule has 82 valence electrons. The zero-order chi connectivity index (χ0) is 11.0. The second-order valence-corrected chi connectivity index (χ2v) is 7.04. The lowest BCUT2D eigenvalue weighted by molar-refractivity contribution is 0.458. The summed E-state index contributed by atoms with van der Waals surface area (Å²) in [5.74, 6) is 0. The third kappa shape index (κ3) is 8.23. The molecule has 2 N–H and O–H groups in total. The monoisotopic (exact) mass is 212 g/mol. The fraction of sp³-hybridized carbons (Fsp3) is 0.636. The van der Waals surface area contributed by atoms with Gasteiger partial charge in [0, 0.05) is 13.1 Å². The van der Waals surface area contributed by atoms with Gasteiger partial charge in [0.15, 0.2) is 9.12 Å². The first-order valence-electron chi connectivity index (χ1n) is 5.18. The highest BCUT2D eigenvalue weighted by atomic mass is 28.3. The summed E-state index contributed by atoms with van der Waals surface area (Å²) in [6.45, 7) is 16.1. The van der Waals surface area contributed by atoms with Crippen LogP contribution in [0.5, 0.6) is 0 Å². The zero-order valence-electron chi connectivity index (χ0n) is 9.77. The summed E-state index contributed by atoms with van der Waals surface area (Å²) in [5.41, 5.74) is 0.388. The van der Waals surface area contributed by atoms with Crippen molar-refractivity contribution in [3.8, 4) is 0 Å². The van der Waals surface area contributed by atoms with Gasteiger partial charge >= 0.3 is 0 Å². The molecule has 0 heterocycles. The Hall–Kier alpha value is -0.383. The van der Waals surface area contributed by atoms with Gasteiger partial charge in [-0.3, -0.25) is 0 Å². The molecule has 0 saturated carbocycles. The first-order valence-corrected chi connectivity index (χ1v) is 7.15. The van der Waals surface area contributed by atoms with Crippen molar-refractivity contribution >= 4 is 9.12 Å². The van der Waals surface area contributed by atoms with Crippen LogP contribution in [0.4, 0.5) is 0 Å². The fourth-order valence-electron chi connectivity index (χ4n) is 1.28. The van der Waals surface area contributed by atoms with Gasteiger partial charge in [-0.25, -0.2) is 0 Å². The second kappa shape index (κ2) is 6.98. The SMILES string of the molecule is C=CCN[SiH](CC(C)(C)C)NCC=C. The lowest BCUT2D eigenvalue weighted by Crippen LogP contribution is -2.49. The molecule has 0 atom stereocenters. The van der Waals surface area contributed by atoms with Gasteiger partial charge in [-0.15, -0.1) is 13.2 Å². The fourth-order valence-corrected chi connectivity index (χ4v) is 3.84. The minimum absolute atomic E-state index is 0.388. The minimum Gasteiger partial charge on any atom is -0.324 e. The molecule has 0 aromatic carbocycles. The summed E-state index contributed by atoms with van der Waals surface area (Å²) in [7, 11) is -1.04. The molecule has 0 spiro atoms. The van der Waals surface area contributed by atoms with Gasteiger partial charge in [-0.05, 0) is 11.5 Å². The van der Waals surface area contributed by atoms with Crippen molar-refractivity contribution in [3.05, 3.63) is 25.3 Å². The van der Waals surface area contributed by atoms with Gasteiger partial charge in [0.2, 0.25) is 0 Å². The maximum atomic E-state index is 3.72. The molecule has 0 unspecified atom stereocenters. The average Bonchev–Trinajstić information content (AvgIpc) is 2.07. The Morgan fingerprint density at radius 1 is 1.07 bits per heavy atom. The zero-order valence-corrected chi connectivity index (χ0v) is 10.9. The first-order chi connectivity index (χ1) is 6.49. The Kier molecular flexibility index (Phi) is 6.79. The molecule has 0 bridgehead atoms. The molecule has 3 heteroatoms. The Morgan fingerprint density at radius 2 is 1.50 bits per heavy atom. The Balaban J connectivity index is 3.95. The topological polar surface area (TPSA) is 24.1 Å². The largest absolute Gasteiger partial charge is 0.324 e. The second-order valence-electron chi connectivity index (χ2n) is 4.71. The van der Waals surface area contributed by atoms with E-state index in [9.17, 15) is 0 Å². The van der Waals surface area contributed by atoms with E-state index in [0.717, 1.165) is 13.1 Å². The van der Waals surface area contributed by atoms with Crippen LogP contribution < -0.4 is 9.96 Å². The van der Waals surface area contributed by atoms with Crippen LogP contribution in [0.25, 0.3) is 0 Å². The highest BCUT2D eigenvalue weighted by Gasteiger charge is 2.18. The normalized spacial score (nSPS) is 11.7. The molecule has 0 aromatic heterocycles. The van der Waals surface area contributed by atoms with Crippen LogP contribution in [0.3, 0.4) is 0 Å². The lowest BCUT2D eigenvalue weighted by Gasteiger charge is -2.25. The van der Waals surface area contributed by atoms with Crippen LogP contribution in [0.1, 0.15) is 20.8 Å². The maximum Gasteiger partial charge on any atom is 0.185 e. The molecule has 0 rings (SSSR count). The summed E-state index contributed by atoms with van der Waals surface area (Å²) in [6.07, 6.45) is 3.83. The van der Waals surface area contributed by atoms with Crippen LogP contribution in [0.15, 0.2) is 25.3 Å². The Labute approximate surface area is 90.2 Å². The van der Waals surface area contributed by atoms with E-state index in [1.807, 2.05) is 12.2 Å². The minimum atomic E-state index is -1.04. The van der Waals surface area contributed by atoms with Crippen molar-refractivity contribution in [2.75, 3.05) is 13.1 Å². The van der Waals surface area contributed by atoms with Crippen LogP contribution in [-0.2, 0) is 0 Å². The predicted octanol–water partition coefficient (Wildman–Crippen LogP) is 1.80. The van der Waals surface area contributed by atoms with E-state index in [4.69, 9.17) is 0 Å². The number of hydrogen-bond acceptors (Lipinski definition) is 2. The quantitative estimate of drug-likeness (QED) is 0.497. The number of rotatable bonds is 7. The van der Waals surface area contributed by atoms with Gasteiger partial charge in [0.05, 0.1) is 0 Å². The summed E-state index contributed by atoms with van der Waals surface area (Å²) in [4.78, 5) is 7.05. The van der Waals surface area contributed by atoms with Gasteiger partial charge in [-0.1, -0.05) is 32.9 Å². The van der Waals surface area contributed by atoms with Crippen LogP contribution in [0.2, 0.25) is 6.04 Å².